The zero-order valence-electron chi connectivity index (χ0n) is 13.0. The van der Waals surface area contributed by atoms with Gasteiger partial charge in [-0.05, 0) is 30.9 Å². The van der Waals surface area contributed by atoms with Crippen LogP contribution < -0.4 is 5.32 Å². The number of fused-ring (bicyclic) bond motifs is 1. The Kier molecular flexibility index (Phi) is 5.16. The lowest BCUT2D eigenvalue weighted by molar-refractivity contribution is -0.0632. The maximum absolute atomic E-state index is 12.7. The van der Waals surface area contributed by atoms with E-state index in [-0.39, 0.29) is 18.1 Å². The monoisotopic (exact) mass is 333 g/mol. The molecule has 122 valence electrons. The first-order valence-electron chi connectivity index (χ1n) is 7.88. The molecule has 2 aromatic rings. The van der Waals surface area contributed by atoms with Crippen molar-refractivity contribution < 1.29 is 14.3 Å². The van der Waals surface area contributed by atoms with Crippen molar-refractivity contribution in [3.8, 4) is 0 Å². The minimum atomic E-state index is -0.102. The van der Waals surface area contributed by atoms with Crippen molar-refractivity contribution in [2.75, 3.05) is 19.8 Å². The predicted octanol–water partition coefficient (Wildman–Crippen LogP) is 3.42. The van der Waals surface area contributed by atoms with Gasteiger partial charge in [0.05, 0.1) is 12.6 Å². The van der Waals surface area contributed by atoms with Gasteiger partial charge >= 0.3 is 0 Å². The summed E-state index contributed by atoms with van der Waals surface area (Å²) >= 11 is 6.22. The maximum Gasteiger partial charge on any atom is 0.252 e. The highest BCUT2D eigenvalue weighted by Gasteiger charge is 2.28. The lowest BCUT2D eigenvalue weighted by atomic mass is 10.0. The smallest absolute Gasteiger partial charge is 0.252 e. The third-order valence-corrected chi connectivity index (χ3v) is 4.44. The Balaban J connectivity index is 1.84. The Morgan fingerprint density at radius 1 is 1.30 bits per heavy atom. The number of hydrogen-bond acceptors (Lipinski definition) is 3. The lowest BCUT2D eigenvalue weighted by Crippen LogP contribution is -2.50. The van der Waals surface area contributed by atoms with Gasteiger partial charge in [-0.15, -0.1) is 0 Å². The number of ether oxygens (including phenoxy) is 2. The van der Waals surface area contributed by atoms with Crippen molar-refractivity contribution in [1.29, 1.82) is 0 Å². The third-order valence-electron chi connectivity index (χ3n) is 4.11. The second-order valence-electron chi connectivity index (χ2n) is 5.58. The summed E-state index contributed by atoms with van der Waals surface area (Å²) in [4.78, 5) is 12.7. The molecule has 3 rings (SSSR count). The van der Waals surface area contributed by atoms with Crippen LogP contribution in [0.4, 0.5) is 0 Å². The topological polar surface area (TPSA) is 47.6 Å². The van der Waals surface area contributed by atoms with Crippen LogP contribution in [-0.2, 0) is 9.47 Å². The van der Waals surface area contributed by atoms with Crippen LogP contribution in [-0.4, -0.2) is 37.9 Å². The van der Waals surface area contributed by atoms with E-state index in [2.05, 4.69) is 5.32 Å². The number of halogens is 1. The fraction of sp³-hybridized carbons (Fsp3) is 0.389. The number of rotatable bonds is 4. The van der Waals surface area contributed by atoms with Crippen molar-refractivity contribution in [2.24, 2.45) is 0 Å². The number of carbonyl (C=O) groups excluding carboxylic acids is 1. The zero-order chi connectivity index (χ0) is 16.2. The molecule has 0 aliphatic carbocycles. The molecule has 0 bridgehead atoms. The van der Waals surface area contributed by atoms with Crippen LogP contribution in [0, 0.1) is 0 Å². The minimum Gasteiger partial charge on any atom is -0.379 e. The van der Waals surface area contributed by atoms with Crippen LogP contribution in [0.5, 0.6) is 0 Å². The number of hydrogen-bond donors (Lipinski definition) is 1. The van der Waals surface area contributed by atoms with Crippen LogP contribution in [0.15, 0.2) is 36.4 Å². The largest absolute Gasteiger partial charge is 0.379 e. The molecule has 1 heterocycles. The summed E-state index contributed by atoms with van der Waals surface area (Å²) in [5, 5.41) is 5.49. The summed E-state index contributed by atoms with van der Waals surface area (Å²) in [5.74, 6) is -0.102. The van der Waals surface area contributed by atoms with Gasteiger partial charge in [-0.3, -0.25) is 4.79 Å². The number of benzene rings is 2. The third kappa shape index (κ3) is 3.50. The van der Waals surface area contributed by atoms with Gasteiger partial charge in [0.25, 0.3) is 5.91 Å². The van der Waals surface area contributed by atoms with E-state index in [1.165, 1.54) is 0 Å². The maximum atomic E-state index is 12.7. The molecule has 0 spiro atoms. The van der Waals surface area contributed by atoms with E-state index in [4.69, 9.17) is 21.1 Å². The summed E-state index contributed by atoms with van der Waals surface area (Å²) in [5.41, 5.74) is 0.631. The first kappa shape index (κ1) is 16.2. The van der Waals surface area contributed by atoms with E-state index in [9.17, 15) is 4.79 Å². The summed E-state index contributed by atoms with van der Waals surface area (Å²) in [7, 11) is 0. The van der Waals surface area contributed by atoms with E-state index >= 15 is 0 Å². The van der Waals surface area contributed by atoms with Crippen molar-refractivity contribution in [1.82, 2.24) is 5.32 Å². The molecule has 0 saturated carbocycles. The highest BCUT2D eigenvalue weighted by Crippen LogP contribution is 2.26. The van der Waals surface area contributed by atoms with Gasteiger partial charge < -0.3 is 14.8 Å². The van der Waals surface area contributed by atoms with Gasteiger partial charge in [0.15, 0.2) is 0 Å². The second-order valence-corrected chi connectivity index (χ2v) is 5.99. The molecule has 1 N–H and O–H groups in total. The average Bonchev–Trinajstić information content (AvgIpc) is 2.57. The van der Waals surface area contributed by atoms with Crippen LogP contribution >= 0.6 is 11.6 Å². The van der Waals surface area contributed by atoms with Crippen molar-refractivity contribution in [3.63, 3.8) is 0 Å². The number of carbonyl (C=O) groups is 1. The molecule has 1 fully saturated rings. The van der Waals surface area contributed by atoms with Gasteiger partial charge in [-0.25, -0.2) is 0 Å². The average molecular weight is 334 g/mol. The Bertz CT molecular complexity index is 702. The van der Waals surface area contributed by atoms with Crippen LogP contribution in [0.2, 0.25) is 5.02 Å². The molecule has 1 aliphatic rings. The SMILES string of the molecule is CCO[C@@H]1COCC[C@H]1NC(=O)c1cccc2c(Cl)cccc12. The molecule has 5 heteroatoms. The Morgan fingerprint density at radius 2 is 2.09 bits per heavy atom. The second kappa shape index (κ2) is 7.30. The minimum absolute atomic E-state index is 0.0364. The number of amides is 1. The van der Waals surface area contributed by atoms with Gasteiger partial charge in [-0.1, -0.05) is 35.9 Å². The highest BCUT2D eigenvalue weighted by molar-refractivity contribution is 6.36. The molecule has 0 radical (unpaired) electrons. The zero-order valence-corrected chi connectivity index (χ0v) is 13.8. The molecule has 0 unspecified atom stereocenters. The van der Waals surface area contributed by atoms with Crippen molar-refractivity contribution >= 4 is 28.3 Å². The molecular formula is C18H20ClNO3. The fourth-order valence-electron chi connectivity index (χ4n) is 2.97. The fourth-order valence-corrected chi connectivity index (χ4v) is 3.21. The van der Waals surface area contributed by atoms with Crippen LogP contribution in [0.1, 0.15) is 23.7 Å². The molecule has 1 aliphatic heterocycles. The van der Waals surface area contributed by atoms with Crippen LogP contribution in [0.25, 0.3) is 10.8 Å². The molecule has 4 nitrogen and oxygen atoms in total. The molecule has 2 aromatic carbocycles. The molecule has 1 saturated heterocycles. The van der Waals surface area contributed by atoms with E-state index in [1.807, 2.05) is 43.3 Å². The molecule has 1 amide bonds. The van der Waals surface area contributed by atoms with E-state index < -0.39 is 0 Å². The molecule has 0 aromatic heterocycles. The first-order valence-corrected chi connectivity index (χ1v) is 8.26. The van der Waals surface area contributed by atoms with Crippen molar-refractivity contribution in [3.05, 3.63) is 47.0 Å². The summed E-state index contributed by atoms with van der Waals surface area (Å²) in [6.45, 7) is 3.69. The van der Waals surface area contributed by atoms with Crippen LogP contribution in [0.3, 0.4) is 0 Å². The van der Waals surface area contributed by atoms with E-state index in [1.54, 1.807) is 0 Å². The summed E-state index contributed by atoms with van der Waals surface area (Å²) < 4.78 is 11.1. The van der Waals surface area contributed by atoms with E-state index in [0.29, 0.717) is 30.4 Å². The molecule has 23 heavy (non-hydrogen) atoms. The van der Waals surface area contributed by atoms with E-state index in [0.717, 1.165) is 17.2 Å². The summed E-state index contributed by atoms with van der Waals surface area (Å²) in [6.07, 6.45) is 0.651. The summed E-state index contributed by atoms with van der Waals surface area (Å²) in [6, 6.07) is 11.2. The van der Waals surface area contributed by atoms with Gasteiger partial charge in [0.1, 0.15) is 6.10 Å². The van der Waals surface area contributed by atoms with Gasteiger partial charge in [0, 0.05) is 29.2 Å². The lowest BCUT2D eigenvalue weighted by Gasteiger charge is -2.31. The Hall–Kier alpha value is -1.62. The quantitative estimate of drug-likeness (QED) is 0.932. The standard InChI is InChI=1S/C18H20ClNO3/c1-2-23-17-11-22-10-9-16(17)20-18(21)14-7-3-6-13-12(14)5-4-8-15(13)19/h3-8,16-17H,2,9-11H2,1H3,(H,20,21)/t16-,17-/m1/s1. The Labute approximate surface area is 140 Å². The molecule has 2 atom stereocenters. The van der Waals surface area contributed by atoms with Gasteiger partial charge in [0.2, 0.25) is 0 Å². The first-order chi connectivity index (χ1) is 11.2. The normalized spacial score (nSPS) is 21.3. The number of nitrogens with one attached hydrogen (secondary N) is 1. The highest BCUT2D eigenvalue weighted by atomic mass is 35.5. The molecular weight excluding hydrogens is 314 g/mol. The Morgan fingerprint density at radius 3 is 2.91 bits per heavy atom. The van der Waals surface area contributed by atoms with Gasteiger partial charge in [-0.2, -0.15) is 0 Å². The predicted molar refractivity (Wildman–Crippen MR) is 91.1 cm³/mol. The van der Waals surface area contributed by atoms with Crippen molar-refractivity contribution in [2.45, 2.75) is 25.5 Å².